The smallest absolute Gasteiger partial charge is 0.261 e. The Bertz CT molecular complexity index is 1280. The highest BCUT2D eigenvalue weighted by molar-refractivity contribution is 6.99. The molecule has 2 aliphatic rings. The van der Waals surface area contributed by atoms with Crippen molar-refractivity contribution in [2.75, 3.05) is 0 Å². The van der Waals surface area contributed by atoms with Gasteiger partial charge in [-0.3, -0.25) is 0 Å². The van der Waals surface area contributed by atoms with Gasteiger partial charge in [-0.1, -0.05) is 128 Å². The number of aliphatic hydroxyl groups is 1. The van der Waals surface area contributed by atoms with Crippen LogP contribution < -0.4 is 10.4 Å². The SMILES string of the molecule is CCC#CC[C@H](C)[C@H](O)C#C[C@@H]1[C@H]2C[C@@H](O[Si](c3ccccc3)(c3ccccc3)C(C)(C)C)C[C@H]2C[C@H]1O[Si](CC)(CC)CC. The number of fused-ring (bicyclic) bond motifs is 1. The summed E-state index contributed by atoms with van der Waals surface area (Å²) in [4.78, 5) is 0. The minimum atomic E-state index is -2.64. The lowest BCUT2D eigenvalue weighted by molar-refractivity contribution is 0.131. The molecule has 2 aromatic rings. The third kappa shape index (κ3) is 7.89. The first kappa shape index (κ1) is 35.7. The van der Waals surface area contributed by atoms with Crippen molar-refractivity contribution in [2.45, 2.75) is 129 Å². The molecule has 244 valence electrons. The van der Waals surface area contributed by atoms with Gasteiger partial charge in [0.1, 0.15) is 6.10 Å². The molecule has 1 N–H and O–H groups in total. The summed E-state index contributed by atoms with van der Waals surface area (Å²) < 4.78 is 14.8. The second kappa shape index (κ2) is 15.6. The molecule has 0 radical (unpaired) electrons. The lowest BCUT2D eigenvalue weighted by Crippen LogP contribution is -2.67. The van der Waals surface area contributed by atoms with Crippen LogP contribution in [-0.4, -0.2) is 40.1 Å². The molecule has 0 spiro atoms. The highest BCUT2D eigenvalue weighted by Gasteiger charge is 2.56. The molecular formula is C40H58O3Si2. The molecule has 2 aliphatic carbocycles. The Balaban J connectivity index is 1.66. The van der Waals surface area contributed by atoms with Crippen LogP contribution in [0.4, 0.5) is 0 Å². The zero-order valence-electron chi connectivity index (χ0n) is 29.2. The first-order chi connectivity index (χ1) is 21.5. The third-order valence-electron chi connectivity index (χ3n) is 10.9. The van der Waals surface area contributed by atoms with Gasteiger partial charge in [-0.05, 0) is 64.6 Å². The van der Waals surface area contributed by atoms with E-state index in [-0.39, 0.29) is 29.1 Å². The first-order valence-electron chi connectivity index (χ1n) is 17.7. The van der Waals surface area contributed by atoms with Crippen molar-refractivity contribution in [3.05, 3.63) is 60.7 Å². The summed E-state index contributed by atoms with van der Waals surface area (Å²) in [6.45, 7) is 18.1. The molecule has 4 rings (SSSR count). The van der Waals surface area contributed by atoms with Crippen molar-refractivity contribution in [1.82, 2.24) is 0 Å². The van der Waals surface area contributed by atoms with E-state index in [4.69, 9.17) is 8.85 Å². The van der Waals surface area contributed by atoms with Crippen LogP contribution in [0.2, 0.25) is 23.2 Å². The Morgan fingerprint density at radius 2 is 1.40 bits per heavy atom. The number of aliphatic hydroxyl groups excluding tert-OH is 1. The fourth-order valence-corrected chi connectivity index (χ4v) is 15.6. The van der Waals surface area contributed by atoms with E-state index >= 15 is 0 Å². The second-order valence-electron chi connectivity index (χ2n) is 14.6. The van der Waals surface area contributed by atoms with E-state index in [1.807, 2.05) is 0 Å². The monoisotopic (exact) mass is 642 g/mol. The van der Waals surface area contributed by atoms with Gasteiger partial charge in [0.05, 0.1) is 6.10 Å². The second-order valence-corrected chi connectivity index (χ2v) is 23.6. The molecule has 45 heavy (non-hydrogen) atoms. The number of hydrogen-bond acceptors (Lipinski definition) is 3. The van der Waals surface area contributed by atoms with Crippen LogP contribution >= 0.6 is 0 Å². The zero-order valence-corrected chi connectivity index (χ0v) is 31.2. The average molecular weight is 643 g/mol. The van der Waals surface area contributed by atoms with Crippen LogP contribution in [0, 0.1) is 47.4 Å². The van der Waals surface area contributed by atoms with Crippen LogP contribution in [0.3, 0.4) is 0 Å². The Morgan fingerprint density at radius 3 is 1.91 bits per heavy atom. The van der Waals surface area contributed by atoms with Crippen LogP contribution in [0.25, 0.3) is 0 Å². The maximum atomic E-state index is 11.0. The maximum absolute atomic E-state index is 11.0. The third-order valence-corrected chi connectivity index (χ3v) is 20.6. The van der Waals surface area contributed by atoms with Gasteiger partial charge >= 0.3 is 0 Å². The summed E-state index contributed by atoms with van der Waals surface area (Å²) in [6.07, 6.45) is 4.27. The van der Waals surface area contributed by atoms with E-state index in [1.165, 1.54) is 10.4 Å². The lowest BCUT2D eigenvalue weighted by atomic mass is 9.91. The van der Waals surface area contributed by atoms with Gasteiger partial charge < -0.3 is 14.0 Å². The summed E-state index contributed by atoms with van der Waals surface area (Å²) in [5, 5.41) is 13.7. The minimum Gasteiger partial charge on any atom is -0.413 e. The summed E-state index contributed by atoms with van der Waals surface area (Å²) >= 11 is 0. The summed E-state index contributed by atoms with van der Waals surface area (Å²) in [7, 11) is -4.45. The van der Waals surface area contributed by atoms with Crippen molar-refractivity contribution in [3.8, 4) is 23.7 Å². The predicted molar refractivity (Wildman–Crippen MR) is 195 cm³/mol. The lowest BCUT2D eigenvalue weighted by Gasteiger charge is -2.45. The van der Waals surface area contributed by atoms with Crippen LogP contribution in [0.5, 0.6) is 0 Å². The van der Waals surface area contributed by atoms with Gasteiger partial charge in [0.15, 0.2) is 8.32 Å². The highest BCUT2D eigenvalue weighted by atomic mass is 28.4. The van der Waals surface area contributed by atoms with Crippen LogP contribution in [0.15, 0.2) is 60.7 Å². The van der Waals surface area contributed by atoms with E-state index in [9.17, 15) is 5.11 Å². The van der Waals surface area contributed by atoms with Gasteiger partial charge in [-0.25, -0.2) is 0 Å². The van der Waals surface area contributed by atoms with Crippen LogP contribution in [-0.2, 0) is 8.85 Å². The van der Waals surface area contributed by atoms with Crippen LogP contribution in [0.1, 0.15) is 87.5 Å². The molecule has 0 aliphatic heterocycles. The van der Waals surface area contributed by atoms with Crippen molar-refractivity contribution in [1.29, 1.82) is 0 Å². The molecule has 0 unspecified atom stereocenters. The minimum absolute atomic E-state index is 0.0262. The van der Waals surface area contributed by atoms with E-state index in [1.54, 1.807) is 0 Å². The van der Waals surface area contributed by atoms with Crippen molar-refractivity contribution in [3.63, 3.8) is 0 Å². The van der Waals surface area contributed by atoms with E-state index < -0.39 is 22.7 Å². The molecule has 0 saturated heterocycles. The van der Waals surface area contributed by atoms with E-state index in [2.05, 4.69) is 140 Å². The molecule has 3 nitrogen and oxygen atoms in total. The fraction of sp³-hybridized carbons (Fsp3) is 0.600. The van der Waals surface area contributed by atoms with Gasteiger partial charge in [-0.2, -0.15) is 0 Å². The molecular weight excluding hydrogens is 585 g/mol. The van der Waals surface area contributed by atoms with Gasteiger partial charge in [0.2, 0.25) is 0 Å². The average Bonchev–Trinajstić information content (AvgIpc) is 3.58. The Hall–Kier alpha value is -2.13. The van der Waals surface area contributed by atoms with Crippen molar-refractivity contribution < 1.29 is 14.0 Å². The van der Waals surface area contributed by atoms with Crippen molar-refractivity contribution in [2.24, 2.45) is 23.7 Å². The number of benzene rings is 2. The van der Waals surface area contributed by atoms with Gasteiger partial charge in [0.25, 0.3) is 8.32 Å². The quantitative estimate of drug-likeness (QED) is 0.199. The molecule has 0 amide bonds. The molecule has 2 saturated carbocycles. The van der Waals surface area contributed by atoms with Crippen molar-refractivity contribution >= 4 is 27.0 Å². The van der Waals surface area contributed by atoms with E-state index in [0.29, 0.717) is 18.3 Å². The largest absolute Gasteiger partial charge is 0.413 e. The predicted octanol–water partition coefficient (Wildman–Crippen LogP) is 8.17. The maximum Gasteiger partial charge on any atom is 0.261 e. The van der Waals surface area contributed by atoms with E-state index in [0.717, 1.165) is 43.8 Å². The fourth-order valence-electron chi connectivity index (χ4n) is 8.01. The normalized spacial score (nSPS) is 24.6. The molecule has 0 aromatic heterocycles. The topological polar surface area (TPSA) is 38.7 Å². The number of hydrogen-bond donors (Lipinski definition) is 1. The molecule has 5 heteroatoms. The molecule has 7 atom stereocenters. The molecule has 0 heterocycles. The summed E-state index contributed by atoms with van der Waals surface area (Å²) in [5.41, 5.74) is 0. The molecule has 2 aromatic carbocycles. The number of rotatable bonds is 11. The first-order valence-corrected chi connectivity index (χ1v) is 22.1. The van der Waals surface area contributed by atoms with Gasteiger partial charge in [-0.15, -0.1) is 11.8 Å². The molecule has 2 fully saturated rings. The highest BCUT2D eigenvalue weighted by Crippen LogP contribution is 2.52. The summed E-state index contributed by atoms with van der Waals surface area (Å²) in [5.74, 6) is 14.4. The Kier molecular flexibility index (Phi) is 12.4. The zero-order chi connectivity index (χ0) is 32.7. The summed E-state index contributed by atoms with van der Waals surface area (Å²) in [6, 6.07) is 25.4. The standard InChI is InChI=1S/C40H58O3Si2/c1-9-13-16-21-31(5)38(41)27-26-36-37-30-33(28-32(37)29-39(36)43-44(10-2,11-3)12-4)42-45(40(6,7)8,34-22-17-14-18-23-34)35-24-19-15-20-25-35/h14-15,17-20,22-25,31-33,36-39,41H,9-12,21,28-30H2,1-8H3/t31-,32-,33-,36+,37-,38+,39+/m0/s1. The Morgan fingerprint density at radius 1 is 0.822 bits per heavy atom. The molecule has 0 bridgehead atoms. The Labute approximate surface area is 277 Å². The van der Waals surface area contributed by atoms with Gasteiger partial charge in [0, 0.05) is 30.8 Å².